The predicted molar refractivity (Wildman–Crippen MR) is 147 cm³/mol. The van der Waals surface area contributed by atoms with Gasteiger partial charge in [0.1, 0.15) is 17.8 Å². The van der Waals surface area contributed by atoms with E-state index in [0.29, 0.717) is 39.8 Å². The number of ether oxygens (including phenoxy) is 3. The van der Waals surface area contributed by atoms with Crippen LogP contribution in [0.2, 0.25) is 0 Å². The number of benzene rings is 4. The lowest BCUT2D eigenvalue weighted by atomic mass is 10.0. The first kappa shape index (κ1) is 23.2. The van der Waals surface area contributed by atoms with E-state index >= 15 is 0 Å². The minimum atomic E-state index is 0.421. The lowest BCUT2D eigenvalue weighted by molar-refractivity contribution is 0.355. The van der Waals surface area contributed by atoms with Crippen LogP contribution in [0.1, 0.15) is 0 Å². The van der Waals surface area contributed by atoms with Gasteiger partial charge in [-0.25, -0.2) is 9.97 Å². The van der Waals surface area contributed by atoms with E-state index in [2.05, 4.69) is 31.5 Å². The molecule has 2 heterocycles. The average molecular weight is 502 g/mol. The molecule has 0 amide bonds. The minimum Gasteiger partial charge on any atom is -0.493 e. The number of aromatic nitrogens is 4. The van der Waals surface area contributed by atoms with Gasteiger partial charge < -0.3 is 19.5 Å². The molecule has 4 aromatic carbocycles. The first-order valence-electron chi connectivity index (χ1n) is 12.0. The quantitative estimate of drug-likeness (QED) is 0.256. The van der Waals surface area contributed by atoms with E-state index in [1.165, 1.54) is 6.33 Å². The number of anilines is 2. The largest absolute Gasteiger partial charge is 0.493 e. The maximum Gasteiger partial charge on any atom is 0.230 e. The molecule has 0 fully saturated rings. The van der Waals surface area contributed by atoms with Gasteiger partial charge in [0.15, 0.2) is 17.3 Å². The van der Waals surface area contributed by atoms with Crippen molar-refractivity contribution in [3.63, 3.8) is 0 Å². The third-order valence-corrected chi connectivity index (χ3v) is 6.17. The van der Waals surface area contributed by atoms with Crippen molar-refractivity contribution in [3.8, 4) is 34.4 Å². The van der Waals surface area contributed by atoms with Crippen LogP contribution in [0.25, 0.3) is 32.9 Å². The molecule has 6 rings (SSSR count). The van der Waals surface area contributed by atoms with Crippen molar-refractivity contribution in [3.05, 3.63) is 97.3 Å². The first-order valence-corrected chi connectivity index (χ1v) is 12.0. The third kappa shape index (κ3) is 4.39. The second-order valence-corrected chi connectivity index (χ2v) is 8.46. The summed E-state index contributed by atoms with van der Waals surface area (Å²) in [7, 11) is 3.17. The zero-order valence-corrected chi connectivity index (χ0v) is 20.8. The highest BCUT2D eigenvalue weighted by Gasteiger charge is 2.14. The highest BCUT2D eigenvalue weighted by Crippen LogP contribution is 2.36. The Morgan fingerprint density at radius 3 is 2.13 bits per heavy atom. The van der Waals surface area contributed by atoms with E-state index in [1.807, 2.05) is 78.9 Å². The van der Waals surface area contributed by atoms with Gasteiger partial charge in [0.25, 0.3) is 0 Å². The van der Waals surface area contributed by atoms with Crippen molar-refractivity contribution in [2.45, 2.75) is 0 Å². The second kappa shape index (κ2) is 10.0. The van der Waals surface area contributed by atoms with Gasteiger partial charge in [-0.3, -0.25) is 0 Å². The first-order chi connectivity index (χ1) is 18.7. The second-order valence-electron chi connectivity index (χ2n) is 8.46. The summed E-state index contributed by atoms with van der Waals surface area (Å²) >= 11 is 0. The van der Waals surface area contributed by atoms with Crippen molar-refractivity contribution in [2.75, 3.05) is 19.5 Å². The Labute approximate surface area is 218 Å². The van der Waals surface area contributed by atoms with E-state index in [-0.39, 0.29) is 0 Å². The van der Waals surface area contributed by atoms with Gasteiger partial charge in [0.2, 0.25) is 5.88 Å². The van der Waals surface area contributed by atoms with Crippen LogP contribution < -0.4 is 19.5 Å². The standard InChI is InChI=1S/C30H23N5O3/c1-36-26-16-24-25(17-27(26)37-2)31-18-32-30(24)38-21-14-12-20(13-15-21)33-29-23-11-7-6-10-22(23)28(34-35-29)19-8-4-3-5-9-19/h3-18H,1-2H3,(H,33,35). The fourth-order valence-corrected chi connectivity index (χ4v) is 4.30. The number of fused-ring (bicyclic) bond motifs is 2. The number of methoxy groups -OCH3 is 2. The summed E-state index contributed by atoms with van der Waals surface area (Å²) in [5.41, 5.74) is 3.41. The molecule has 0 bridgehead atoms. The number of nitrogens with one attached hydrogen (secondary N) is 1. The number of hydrogen-bond donors (Lipinski definition) is 1. The van der Waals surface area contributed by atoms with Gasteiger partial charge >= 0.3 is 0 Å². The molecule has 6 aromatic rings. The number of nitrogens with zero attached hydrogens (tertiary/aromatic N) is 4. The molecule has 38 heavy (non-hydrogen) atoms. The topological polar surface area (TPSA) is 91.3 Å². The summed E-state index contributed by atoms with van der Waals surface area (Å²) in [5.74, 6) is 2.89. The molecule has 0 radical (unpaired) electrons. The molecular weight excluding hydrogens is 478 g/mol. The number of rotatable bonds is 7. The molecule has 0 aliphatic carbocycles. The molecule has 186 valence electrons. The van der Waals surface area contributed by atoms with E-state index < -0.39 is 0 Å². The summed E-state index contributed by atoms with van der Waals surface area (Å²) in [6.45, 7) is 0. The molecule has 0 atom stereocenters. The van der Waals surface area contributed by atoms with Crippen LogP contribution in [0.5, 0.6) is 23.1 Å². The Hall–Kier alpha value is -5.24. The van der Waals surface area contributed by atoms with Crippen LogP contribution in [0, 0.1) is 0 Å². The van der Waals surface area contributed by atoms with Crippen molar-refractivity contribution < 1.29 is 14.2 Å². The summed E-state index contributed by atoms with van der Waals surface area (Å²) in [5, 5.41) is 15.1. The Balaban J connectivity index is 1.27. The Kier molecular flexibility index (Phi) is 6.11. The molecule has 1 N–H and O–H groups in total. The molecule has 2 aromatic heterocycles. The van der Waals surface area contributed by atoms with Gasteiger partial charge in [-0.05, 0) is 30.3 Å². The van der Waals surface area contributed by atoms with Gasteiger partial charge in [0, 0.05) is 28.1 Å². The maximum atomic E-state index is 6.10. The minimum absolute atomic E-state index is 0.421. The van der Waals surface area contributed by atoms with Crippen LogP contribution in [0.15, 0.2) is 97.3 Å². The highest BCUT2D eigenvalue weighted by molar-refractivity contribution is 6.00. The molecular formula is C30H23N5O3. The lowest BCUT2D eigenvalue weighted by Crippen LogP contribution is -1.99. The monoisotopic (exact) mass is 501 g/mol. The van der Waals surface area contributed by atoms with E-state index in [1.54, 1.807) is 20.3 Å². The zero-order valence-electron chi connectivity index (χ0n) is 20.8. The average Bonchev–Trinajstić information content (AvgIpc) is 2.98. The van der Waals surface area contributed by atoms with Crippen LogP contribution in [-0.2, 0) is 0 Å². The number of hydrogen-bond acceptors (Lipinski definition) is 8. The SMILES string of the molecule is COc1cc2ncnc(Oc3ccc(Nc4nnc(-c5ccccc5)c5ccccc45)cc3)c2cc1OC. The molecule has 0 saturated heterocycles. The maximum absolute atomic E-state index is 6.10. The Morgan fingerprint density at radius 1 is 0.658 bits per heavy atom. The summed E-state index contributed by atoms with van der Waals surface area (Å²) in [6.07, 6.45) is 1.46. The predicted octanol–water partition coefficient (Wildman–Crippen LogP) is 6.79. The molecule has 0 spiro atoms. The molecule has 0 aliphatic rings. The summed E-state index contributed by atoms with van der Waals surface area (Å²) in [4.78, 5) is 8.66. The molecule has 0 saturated carbocycles. The molecule has 8 heteroatoms. The van der Waals surface area contributed by atoms with Crippen LogP contribution in [0.3, 0.4) is 0 Å². The van der Waals surface area contributed by atoms with Gasteiger partial charge in [0.05, 0.1) is 25.1 Å². The van der Waals surface area contributed by atoms with Crippen LogP contribution >= 0.6 is 0 Å². The van der Waals surface area contributed by atoms with Crippen molar-refractivity contribution >= 4 is 33.2 Å². The summed E-state index contributed by atoms with van der Waals surface area (Å²) < 4.78 is 16.9. The highest BCUT2D eigenvalue weighted by atomic mass is 16.5. The Morgan fingerprint density at radius 2 is 1.37 bits per heavy atom. The smallest absolute Gasteiger partial charge is 0.230 e. The van der Waals surface area contributed by atoms with Gasteiger partial charge in [-0.1, -0.05) is 54.6 Å². The normalized spacial score (nSPS) is 10.9. The van der Waals surface area contributed by atoms with Crippen LogP contribution in [0.4, 0.5) is 11.5 Å². The van der Waals surface area contributed by atoms with E-state index in [4.69, 9.17) is 14.2 Å². The van der Waals surface area contributed by atoms with E-state index in [0.717, 1.165) is 27.7 Å². The lowest BCUT2D eigenvalue weighted by Gasteiger charge is -2.13. The third-order valence-electron chi connectivity index (χ3n) is 6.17. The molecule has 8 nitrogen and oxygen atoms in total. The van der Waals surface area contributed by atoms with E-state index in [9.17, 15) is 0 Å². The van der Waals surface area contributed by atoms with Crippen molar-refractivity contribution in [1.29, 1.82) is 0 Å². The Bertz CT molecular complexity index is 1740. The van der Waals surface area contributed by atoms with Crippen molar-refractivity contribution in [2.24, 2.45) is 0 Å². The van der Waals surface area contributed by atoms with Gasteiger partial charge in [-0.2, -0.15) is 0 Å². The zero-order chi connectivity index (χ0) is 25.9. The summed E-state index contributed by atoms with van der Waals surface area (Å²) in [6, 6.07) is 29.3. The fraction of sp³-hybridized carbons (Fsp3) is 0.0667. The van der Waals surface area contributed by atoms with Gasteiger partial charge in [-0.15, -0.1) is 10.2 Å². The fourth-order valence-electron chi connectivity index (χ4n) is 4.30. The molecule has 0 aliphatic heterocycles. The molecule has 0 unspecified atom stereocenters. The van der Waals surface area contributed by atoms with Crippen molar-refractivity contribution in [1.82, 2.24) is 20.2 Å². The van der Waals surface area contributed by atoms with Crippen LogP contribution in [-0.4, -0.2) is 34.4 Å².